The highest BCUT2D eigenvalue weighted by atomic mass is 19.1. The highest BCUT2D eigenvalue weighted by Gasteiger charge is 2.36. The summed E-state index contributed by atoms with van der Waals surface area (Å²) in [5, 5.41) is 7.87. The smallest absolute Gasteiger partial charge is 0.322 e. The maximum absolute atomic E-state index is 14.5. The van der Waals surface area contributed by atoms with Crippen molar-refractivity contribution in [3.63, 3.8) is 0 Å². The van der Waals surface area contributed by atoms with Crippen molar-refractivity contribution in [3.05, 3.63) is 119 Å². The largest absolute Gasteiger partial charge is 0.493 e. The number of methoxy groups -OCH3 is 2. The van der Waals surface area contributed by atoms with Crippen LogP contribution in [0.2, 0.25) is 0 Å². The fraction of sp³-hybridized carbons (Fsp3) is 0.161. The molecule has 6 rings (SSSR count). The fourth-order valence-electron chi connectivity index (χ4n) is 5.29. The lowest BCUT2D eigenvalue weighted by atomic mass is 10.0. The summed E-state index contributed by atoms with van der Waals surface area (Å²) in [7, 11) is 3.10. The van der Waals surface area contributed by atoms with E-state index in [2.05, 4.69) is 5.32 Å². The number of para-hydroxylation sites is 1. The predicted octanol–water partition coefficient (Wildman–Crippen LogP) is 6.26. The number of carbonyl (C=O) groups is 1. The number of anilines is 1. The summed E-state index contributed by atoms with van der Waals surface area (Å²) in [6.45, 7) is 2.18. The average molecular weight is 538 g/mol. The Labute approximate surface area is 231 Å². The summed E-state index contributed by atoms with van der Waals surface area (Å²) >= 11 is 0. The summed E-state index contributed by atoms with van der Waals surface area (Å²) in [4.78, 5) is 15.8. The van der Waals surface area contributed by atoms with Crippen LogP contribution in [0.5, 0.6) is 11.5 Å². The van der Waals surface area contributed by atoms with Gasteiger partial charge in [-0.2, -0.15) is 5.10 Å². The normalized spacial score (nSPS) is 14.2. The number of aromatic nitrogens is 3. The topological polar surface area (TPSA) is 73.5 Å². The first-order valence-corrected chi connectivity index (χ1v) is 12.8. The third-order valence-electron chi connectivity index (χ3n) is 7.15. The monoisotopic (exact) mass is 537 g/mol. The second-order valence-corrected chi connectivity index (χ2v) is 9.52. The molecule has 2 aromatic heterocycles. The van der Waals surface area contributed by atoms with Crippen LogP contribution in [0.25, 0.3) is 11.5 Å². The van der Waals surface area contributed by atoms with Crippen molar-refractivity contribution in [2.45, 2.75) is 19.5 Å². The van der Waals surface area contributed by atoms with Crippen LogP contribution in [0.15, 0.2) is 91.1 Å². The molecule has 1 atom stereocenters. The van der Waals surface area contributed by atoms with Crippen molar-refractivity contribution in [2.75, 3.05) is 19.5 Å². The van der Waals surface area contributed by atoms with Gasteiger partial charge in [-0.3, -0.25) is 0 Å². The van der Waals surface area contributed by atoms with Crippen LogP contribution >= 0.6 is 0 Å². The summed E-state index contributed by atoms with van der Waals surface area (Å²) in [5.74, 6) is 1.52. The molecule has 0 spiro atoms. The number of urea groups is 1. The number of ether oxygens (including phenoxy) is 2. The van der Waals surface area contributed by atoms with Gasteiger partial charge in [0.1, 0.15) is 11.6 Å². The first-order valence-electron chi connectivity index (χ1n) is 12.8. The summed E-state index contributed by atoms with van der Waals surface area (Å²) in [6.07, 6.45) is 1.96. The van der Waals surface area contributed by atoms with E-state index < -0.39 is 6.04 Å². The lowest BCUT2D eigenvalue weighted by molar-refractivity contribution is 0.194. The number of nitrogens with one attached hydrogen (secondary N) is 1. The zero-order chi connectivity index (χ0) is 27.8. The molecule has 0 saturated carbocycles. The van der Waals surface area contributed by atoms with E-state index in [0.29, 0.717) is 22.7 Å². The number of nitrogens with zero attached hydrogens (tertiary/aromatic N) is 4. The Morgan fingerprint density at radius 2 is 1.75 bits per heavy atom. The number of hydrogen-bond acceptors (Lipinski definition) is 4. The van der Waals surface area contributed by atoms with Gasteiger partial charge in [-0.05, 0) is 61.0 Å². The van der Waals surface area contributed by atoms with Crippen molar-refractivity contribution in [3.8, 4) is 23.0 Å². The molecule has 3 heterocycles. The fourth-order valence-corrected chi connectivity index (χ4v) is 5.29. The summed E-state index contributed by atoms with van der Waals surface area (Å²) in [5.41, 5.74) is 4.59. The first-order chi connectivity index (χ1) is 19.5. The highest BCUT2D eigenvalue weighted by Crippen LogP contribution is 2.39. The van der Waals surface area contributed by atoms with Gasteiger partial charge in [0.25, 0.3) is 0 Å². The highest BCUT2D eigenvalue weighted by molar-refractivity contribution is 5.90. The third kappa shape index (κ3) is 4.35. The predicted molar refractivity (Wildman–Crippen MR) is 150 cm³/mol. The summed E-state index contributed by atoms with van der Waals surface area (Å²) < 4.78 is 29.2. The number of fused-ring (bicyclic) bond motifs is 3. The van der Waals surface area contributed by atoms with Crippen LogP contribution in [-0.2, 0) is 6.54 Å². The minimum atomic E-state index is -0.582. The molecule has 0 radical (unpaired) electrons. The van der Waals surface area contributed by atoms with Gasteiger partial charge in [0.05, 0.1) is 43.9 Å². The number of hydrogen-bond donors (Lipinski definition) is 1. The Kier molecular flexibility index (Phi) is 6.47. The number of rotatable bonds is 5. The van der Waals surface area contributed by atoms with Gasteiger partial charge < -0.3 is 24.3 Å². The minimum Gasteiger partial charge on any atom is -0.493 e. The van der Waals surface area contributed by atoms with Gasteiger partial charge in [-0.25, -0.2) is 13.9 Å². The molecule has 202 valence electrons. The molecule has 0 aliphatic carbocycles. The Morgan fingerprint density at radius 3 is 2.50 bits per heavy atom. The van der Waals surface area contributed by atoms with Crippen LogP contribution in [0.3, 0.4) is 0 Å². The molecule has 0 unspecified atom stereocenters. The number of halogens is 1. The Hall–Kier alpha value is -5.05. The maximum atomic E-state index is 14.5. The van der Waals surface area contributed by atoms with Gasteiger partial charge in [0.2, 0.25) is 0 Å². The molecule has 0 fully saturated rings. The Balaban J connectivity index is 1.50. The van der Waals surface area contributed by atoms with E-state index in [0.717, 1.165) is 28.5 Å². The van der Waals surface area contributed by atoms with E-state index in [1.807, 2.05) is 70.9 Å². The van der Waals surface area contributed by atoms with Crippen molar-refractivity contribution in [2.24, 2.45) is 0 Å². The zero-order valence-electron chi connectivity index (χ0n) is 22.3. The Bertz CT molecular complexity index is 1690. The molecular formula is C31H28FN5O3. The first kappa shape index (κ1) is 25.2. The van der Waals surface area contributed by atoms with E-state index in [1.54, 1.807) is 43.4 Å². The number of aryl methyl sites for hydroxylation is 1. The van der Waals surface area contributed by atoms with E-state index in [-0.39, 0.29) is 18.4 Å². The SMILES string of the molecule is COc1ccc(NC(=O)N2Cc3c(C)nn(-c4ccccc4)c3-n3cccc3[C@@H]2c2cccc(F)c2)cc1OC. The molecule has 0 saturated heterocycles. The number of amides is 2. The van der Waals surface area contributed by atoms with E-state index in [9.17, 15) is 9.18 Å². The second kappa shape index (κ2) is 10.3. The van der Waals surface area contributed by atoms with Crippen LogP contribution in [-0.4, -0.2) is 39.5 Å². The van der Waals surface area contributed by atoms with E-state index in [4.69, 9.17) is 14.6 Å². The molecule has 3 aromatic carbocycles. The van der Waals surface area contributed by atoms with Crippen LogP contribution in [0.4, 0.5) is 14.9 Å². The van der Waals surface area contributed by atoms with Crippen molar-refractivity contribution < 1.29 is 18.7 Å². The van der Waals surface area contributed by atoms with Crippen LogP contribution in [0, 0.1) is 12.7 Å². The van der Waals surface area contributed by atoms with Crippen LogP contribution in [0.1, 0.15) is 28.6 Å². The number of benzene rings is 3. The van der Waals surface area contributed by atoms with Crippen molar-refractivity contribution in [1.82, 2.24) is 19.2 Å². The Morgan fingerprint density at radius 1 is 0.950 bits per heavy atom. The maximum Gasteiger partial charge on any atom is 0.322 e. The van der Waals surface area contributed by atoms with Gasteiger partial charge >= 0.3 is 6.03 Å². The van der Waals surface area contributed by atoms with Crippen molar-refractivity contribution in [1.29, 1.82) is 0 Å². The van der Waals surface area contributed by atoms with Gasteiger partial charge in [-0.1, -0.05) is 30.3 Å². The quantitative estimate of drug-likeness (QED) is 0.287. The lowest BCUT2D eigenvalue weighted by Crippen LogP contribution is -2.38. The molecule has 40 heavy (non-hydrogen) atoms. The molecule has 1 aliphatic heterocycles. The molecule has 1 aliphatic rings. The zero-order valence-corrected chi connectivity index (χ0v) is 22.3. The molecule has 8 nitrogen and oxygen atoms in total. The lowest BCUT2D eigenvalue weighted by Gasteiger charge is -2.31. The standard InChI is InChI=1S/C31H28FN5O3/c1-20-25-19-36(31(38)33-23-14-15-27(39-2)28(18-23)40-3)29(21-9-7-10-22(32)17-21)26-13-8-16-35(26)30(25)37(34-20)24-11-5-4-6-12-24/h4-18,29H,19H2,1-3H3,(H,33,38)/t29-/m0/s1. The average Bonchev–Trinajstić information content (AvgIpc) is 3.53. The van der Waals surface area contributed by atoms with Gasteiger partial charge in [0, 0.05) is 23.5 Å². The third-order valence-corrected chi connectivity index (χ3v) is 7.15. The molecule has 5 aromatic rings. The minimum absolute atomic E-state index is 0.246. The molecule has 1 N–H and O–H groups in total. The van der Waals surface area contributed by atoms with Crippen LogP contribution < -0.4 is 14.8 Å². The van der Waals surface area contributed by atoms with Crippen molar-refractivity contribution >= 4 is 11.7 Å². The van der Waals surface area contributed by atoms with Gasteiger partial charge in [-0.15, -0.1) is 0 Å². The second-order valence-electron chi connectivity index (χ2n) is 9.52. The molecular weight excluding hydrogens is 509 g/mol. The molecule has 0 bridgehead atoms. The molecule has 2 amide bonds. The van der Waals surface area contributed by atoms with E-state index in [1.165, 1.54) is 12.1 Å². The van der Waals surface area contributed by atoms with E-state index >= 15 is 0 Å². The molecule has 9 heteroatoms. The number of carbonyl (C=O) groups excluding carboxylic acids is 1. The van der Waals surface area contributed by atoms with Gasteiger partial charge in [0.15, 0.2) is 11.5 Å². The summed E-state index contributed by atoms with van der Waals surface area (Å²) in [6, 6.07) is 24.4.